The van der Waals surface area contributed by atoms with E-state index in [-0.39, 0.29) is 21.9 Å². The maximum absolute atomic E-state index is 11.1. The van der Waals surface area contributed by atoms with Crippen LogP contribution in [0.25, 0.3) is 0 Å². The van der Waals surface area contributed by atoms with Gasteiger partial charge in [0.15, 0.2) is 0 Å². The molecule has 120 valence electrons. The number of hydrogen-bond donors (Lipinski definition) is 3. The third-order valence-electron chi connectivity index (χ3n) is 2.96. The van der Waals surface area contributed by atoms with Gasteiger partial charge in [0.1, 0.15) is 11.3 Å². The fraction of sp³-hybridized carbons (Fsp3) is 0.0714. The number of hydrogen-bond acceptors (Lipinski definition) is 6. The molecule has 9 heteroatoms. The van der Waals surface area contributed by atoms with E-state index in [1.807, 2.05) is 0 Å². The second kappa shape index (κ2) is 6.15. The Kier molecular flexibility index (Phi) is 4.43. The maximum Gasteiger partial charge on any atom is 0.339 e. The van der Waals surface area contributed by atoms with E-state index in [9.17, 15) is 18.3 Å². The molecule has 2 aromatic rings. The van der Waals surface area contributed by atoms with Crippen molar-refractivity contribution < 1.29 is 23.4 Å². The Labute approximate surface area is 132 Å². The lowest BCUT2D eigenvalue weighted by Crippen LogP contribution is -2.11. The van der Waals surface area contributed by atoms with Gasteiger partial charge in [-0.15, -0.1) is 0 Å². The molecule has 23 heavy (non-hydrogen) atoms. The summed E-state index contributed by atoms with van der Waals surface area (Å²) >= 11 is 0. The van der Waals surface area contributed by atoms with Gasteiger partial charge in [-0.2, -0.15) is 10.2 Å². The fourth-order valence-corrected chi connectivity index (χ4v) is 2.31. The number of nitrogens with two attached hydrogens (primary N) is 1. The van der Waals surface area contributed by atoms with Crippen molar-refractivity contribution in [2.75, 3.05) is 0 Å². The van der Waals surface area contributed by atoms with Gasteiger partial charge in [-0.05, 0) is 48.9 Å². The Hall–Kier alpha value is -2.78. The molecule has 2 aromatic carbocycles. The monoisotopic (exact) mass is 335 g/mol. The van der Waals surface area contributed by atoms with Gasteiger partial charge >= 0.3 is 5.97 Å². The number of primary sulfonamides is 1. The van der Waals surface area contributed by atoms with Gasteiger partial charge in [-0.25, -0.2) is 18.4 Å². The number of aromatic carboxylic acids is 1. The minimum Gasteiger partial charge on any atom is -0.507 e. The van der Waals surface area contributed by atoms with Crippen LogP contribution in [0.2, 0.25) is 0 Å². The van der Waals surface area contributed by atoms with Crippen molar-refractivity contribution in [3.8, 4) is 5.75 Å². The molecule has 2 rings (SSSR count). The van der Waals surface area contributed by atoms with E-state index in [0.717, 1.165) is 0 Å². The van der Waals surface area contributed by atoms with Crippen LogP contribution < -0.4 is 5.14 Å². The van der Waals surface area contributed by atoms with E-state index >= 15 is 0 Å². The van der Waals surface area contributed by atoms with Gasteiger partial charge in [0.05, 0.1) is 16.3 Å². The number of carboxylic acids is 1. The van der Waals surface area contributed by atoms with Crippen LogP contribution in [0.1, 0.15) is 15.9 Å². The van der Waals surface area contributed by atoms with Crippen molar-refractivity contribution in [3.05, 3.63) is 47.5 Å². The number of nitrogens with zero attached hydrogens (tertiary/aromatic N) is 2. The van der Waals surface area contributed by atoms with Crippen LogP contribution in [0.15, 0.2) is 51.5 Å². The number of carboxylic acid groups (broad SMARTS) is 1. The number of sulfonamides is 1. The van der Waals surface area contributed by atoms with Gasteiger partial charge < -0.3 is 10.2 Å². The van der Waals surface area contributed by atoms with Gasteiger partial charge in [-0.1, -0.05) is 0 Å². The van der Waals surface area contributed by atoms with E-state index in [1.165, 1.54) is 36.4 Å². The molecule has 8 nitrogen and oxygen atoms in total. The lowest BCUT2D eigenvalue weighted by atomic mass is 10.1. The van der Waals surface area contributed by atoms with E-state index < -0.39 is 16.0 Å². The van der Waals surface area contributed by atoms with Crippen molar-refractivity contribution in [1.29, 1.82) is 0 Å². The Balaban J connectivity index is 2.32. The number of rotatable bonds is 4. The number of benzene rings is 2. The second-order valence-electron chi connectivity index (χ2n) is 4.70. The average Bonchev–Trinajstić information content (AvgIpc) is 2.47. The molecule has 0 amide bonds. The number of carbonyl (C=O) groups is 1. The number of aryl methyl sites for hydroxylation is 1. The summed E-state index contributed by atoms with van der Waals surface area (Å²) < 4.78 is 22.3. The van der Waals surface area contributed by atoms with Crippen LogP contribution in [0.4, 0.5) is 11.4 Å². The first-order valence-corrected chi connectivity index (χ1v) is 7.84. The van der Waals surface area contributed by atoms with Crippen LogP contribution >= 0.6 is 0 Å². The van der Waals surface area contributed by atoms with Gasteiger partial charge in [0.2, 0.25) is 10.0 Å². The summed E-state index contributed by atoms with van der Waals surface area (Å²) in [6, 6.07) is 8.06. The standard InChI is InChI=1S/C14H13N3O5S/c1-8-6-10(7-12(13(8)18)14(19)20)17-16-9-2-4-11(5-3-9)23(15,21)22/h2-7,18H,1H3,(H,19,20)(H2,15,21,22). The first kappa shape index (κ1) is 16.6. The third kappa shape index (κ3) is 3.90. The summed E-state index contributed by atoms with van der Waals surface area (Å²) in [6.45, 7) is 1.54. The highest BCUT2D eigenvalue weighted by Crippen LogP contribution is 2.29. The van der Waals surface area contributed by atoms with Crippen molar-refractivity contribution in [1.82, 2.24) is 0 Å². The molecular weight excluding hydrogens is 322 g/mol. The molecule has 0 saturated carbocycles. The maximum atomic E-state index is 11.1. The molecule has 0 fully saturated rings. The van der Waals surface area contributed by atoms with E-state index in [0.29, 0.717) is 11.3 Å². The zero-order valence-electron chi connectivity index (χ0n) is 12.0. The van der Waals surface area contributed by atoms with Crippen molar-refractivity contribution >= 4 is 27.4 Å². The minimum atomic E-state index is -3.78. The zero-order chi connectivity index (χ0) is 17.2. The van der Waals surface area contributed by atoms with Crippen LogP contribution in [0.5, 0.6) is 5.75 Å². The number of phenols is 1. The number of azo groups is 1. The Bertz CT molecular complexity index is 889. The summed E-state index contributed by atoms with van der Waals surface area (Å²) in [6.07, 6.45) is 0. The molecule has 4 N–H and O–H groups in total. The SMILES string of the molecule is Cc1cc(N=Nc2ccc(S(N)(=O)=O)cc2)cc(C(=O)O)c1O. The zero-order valence-corrected chi connectivity index (χ0v) is 12.8. The average molecular weight is 335 g/mol. The van der Waals surface area contributed by atoms with Crippen molar-refractivity contribution in [2.45, 2.75) is 11.8 Å². The Morgan fingerprint density at radius 3 is 2.17 bits per heavy atom. The molecule has 0 saturated heterocycles. The normalized spacial score (nSPS) is 11.7. The molecule has 0 aliphatic carbocycles. The highest BCUT2D eigenvalue weighted by molar-refractivity contribution is 7.89. The highest BCUT2D eigenvalue weighted by Gasteiger charge is 2.13. The highest BCUT2D eigenvalue weighted by atomic mass is 32.2. The van der Waals surface area contributed by atoms with Crippen LogP contribution in [-0.4, -0.2) is 24.6 Å². The first-order chi connectivity index (χ1) is 10.7. The quantitative estimate of drug-likeness (QED) is 0.735. The molecular formula is C14H13N3O5S. The van der Waals surface area contributed by atoms with E-state index in [4.69, 9.17) is 10.2 Å². The Morgan fingerprint density at radius 1 is 1.09 bits per heavy atom. The van der Waals surface area contributed by atoms with Gasteiger partial charge in [-0.3, -0.25) is 0 Å². The van der Waals surface area contributed by atoms with Crippen molar-refractivity contribution in [3.63, 3.8) is 0 Å². The molecule has 0 heterocycles. The molecule has 0 unspecified atom stereocenters. The van der Waals surface area contributed by atoms with Crippen LogP contribution in [0.3, 0.4) is 0 Å². The smallest absolute Gasteiger partial charge is 0.339 e. The fourth-order valence-electron chi connectivity index (χ4n) is 1.80. The van der Waals surface area contributed by atoms with E-state index in [1.54, 1.807) is 6.92 Å². The molecule has 0 aliphatic heterocycles. The molecule has 0 atom stereocenters. The van der Waals surface area contributed by atoms with Crippen LogP contribution in [0, 0.1) is 6.92 Å². The summed E-state index contributed by atoms with van der Waals surface area (Å²) in [5.74, 6) is -1.60. The van der Waals surface area contributed by atoms with Gasteiger partial charge in [0.25, 0.3) is 0 Å². The Morgan fingerprint density at radius 2 is 1.65 bits per heavy atom. The lowest BCUT2D eigenvalue weighted by molar-refractivity contribution is 0.0693. The predicted octanol–water partition coefficient (Wildman–Crippen LogP) is 2.46. The third-order valence-corrected chi connectivity index (χ3v) is 3.89. The molecule has 0 radical (unpaired) electrons. The first-order valence-electron chi connectivity index (χ1n) is 6.30. The number of aromatic hydroxyl groups is 1. The minimum absolute atomic E-state index is 0.0508. The predicted molar refractivity (Wildman–Crippen MR) is 81.8 cm³/mol. The lowest BCUT2D eigenvalue weighted by Gasteiger charge is -2.04. The topological polar surface area (TPSA) is 142 Å². The molecule has 0 spiro atoms. The summed E-state index contributed by atoms with van der Waals surface area (Å²) in [5, 5.41) is 31.4. The molecule has 0 bridgehead atoms. The summed E-state index contributed by atoms with van der Waals surface area (Å²) in [5.41, 5.74) is 0.681. The van der Waals surface area contributed by atoms with Crippen molar-refractivity contribution in [2.24, 2.45) is 15.4 Å². The largest absolute Gasteiger partial charge is 0.507 e. The van der Waals surface area contributed by atoms with E-state index in [2.05, 4.69) is 10.2 Å². The van der Waals surface area contributed by atoms with Crippen LogP contribution in [-0.2, 0) is 10.0 Å². The van der Waals surface area contributed by atoms with Gasteiger partial charge in [0, 0.05) is 0 Å². The molecule has 0 aliphatic rings. The summed E-state index contributed by atoms with van der Waals surface area (Å²) in [4.78, 5) is 11.0. The summed E-state index contributed by atoms with van der Waals surface area (Å²) in [7, 11) is -3.78. The molecule has 0 aromatic heterocycles. The second-order valence-corrected chi connectivity index (χ2v) is 6.26.